The minimum absolute atomic E-state index is 0.00875. The lowest BCUT2D eigenvalue weighted by molar-refractivity contribution is -0.118. The van der Waals surface area contributed by atoms with Gasteiger partial charge in [-0.05, 0) is 41.5 Å². The first-order valence-corrected chi connectivity index (χ1v) is 11.8. The van der Waals surface area contributed by atoms with Crippen LogP contribution in [0.25, 0.3) is 21.0 Å². The molecule has 7 heteroatoms. The van der Waals surface area contributed by atoms with E-state index in [4.69, 9.17) is 9.72 Å². The van der Waals surface area contributed by atoms with E-state index in [1.54, 1.807) is 11.1 Å². The van der Waals surface area contributed by atoms with E-state index in [9.17, 15) is 4.79 Å². The van der Waals surface area contributed by atoms with E-state index >= 15 is 0 Å². The standard InChI is InChI=1S/C26H24N4O2S/c1-2-32-22-9-5-10-23-25(22)28-26(33-23)30(16-15-29-14-6-13-27-29)24(31)18-19-11-12-20-7-3-4-8-21(20)17-19/h3-14,17H,2,15-16,18H2,1H3. The fourth-order valence-corrected chi connectivity index (χ4v) is 4.91. The minimum atomic E-state index is 0.00875. The first-order chi connectivity index (χ1) is 16.2. The predicted octanol–water partition coefficient (Wildman–Crippen LogP) is 5.32. The molecule has 0 bridgehead atoms. The van der Waals surface area contributed by atoms with Crippen LogP contribution in [-0.2, 0) is 17.8 Å². The van der Waals surface area contributed by atoms with Crippen LogP contribution in [-0.4, -0.2) is 33.8 Å². The van der Waals surface area contributed by atoms with E-state index in [1.807, 2.05) is 60.3 Å². The summed E-state index contributed by atoms with van der Waals surface area (Å²) in [6.45, 7) is 3.59. The van der Waals surface area contributed by atoms with Gasteiger partial charge in [-0.1, -0.05) is 59.9 Å². The molecule has 5 aromatic rings. The maximum Gasteiger partial charge on any atom is 0.233 e. The van der Waals surface area contributed by atoms with Crippen LogP contribution in [0, 0.1) is 0 Å². The molecule has 0 radical (unpaired) electrons. The summed E-state index contributed by atoms with van der Waals surface area (Å²) < 4.78 is 8.58. The second-order valence-electron chi connectivity index (χ2n) is 7.71. The van der Waals surface area contributed by atoms with Crippen molar-refractivity contribution in [2.45, 2.75) is 19.9 Å². The molecule has 0 unspecified atom stereocenters. The van der Waals surface area contributed by atoms with Crippen molar-refractivity contribution in [3.63, 3.8) is 0 Å². The summed E-state index contributed by atoms with van der Waals surface area (Å²) in [5.41, 5.74) is 1.78. The Labute approximate surface area is 196 Å². The molecule has 6 nitrogen and oxygen atoms in total. The highest BCUT2D eigenvalue weighted by Crippen LogP contribution is 2.34. The molecule has 33 heavy (non-hydrogen) atoms. The number of hydrogen-bond acceptors (Lipinski definition) is 5. The van der Waals surface area contributed by atoms with Crippen LogP contribution in [0.1, 0.15) is 12.5 Å². The van der Waals surface area contributed by atoms with Crippen molar-refractivity contribution < 1.29 is 9.53 Å². The molecule has 1 amide bonds. The number of rotatable bonds is 8. The molecule has 0 atom stereocenters. The number of thiazole rings is 1. The van der Waals surface area contributed by atoms with Crippen molar-refractivity contribution in [1.82, 2.24) is 14.8 Å². The summed E-state index contributed by atoms with van der Waals surface area (Å²) in [4.78, 5) is 20.1. The Hall–Kier alpha value is -3.71. The highest BCUT2D eigenvalue weighted by Gasteiger charge is 2.21. The number of amides is 1. The van der Waals surface area contributed by atoms with E-state index in [0.717, 1.165) is 26.9 Å². The number of anilines is 1. The number of carbonyl (C=O) groups is 1. The van der Waals surface area contributed by atoms with Gasteiger partial charge in [0, 0.05) is 18.9 Å². The van der Waals surface area contributed by atoms with Crippen molar-refractivity contribution in [3.8, 4) is 5.75 Å². The summed E-state index contributed by atoms with van der Waals surface area (Å²) in [5.74, 6) is 0.751. The van der Waals surface area contributed by atoms with E-state index in [-0.39, 0.29) is 5.91 Å². The lowest BCUT2D eigenvalue weighted by Gasteiger charge is -2.20. The molecule has 5 rings (SSSR count). The third kappa shape index (κ3) is 4.59. The Balaban J connectivity index is 1.46. The Bertz CT molecular complexity index is 1390. The molecular formula is C26H24N4O2S. The van der Waals surface area contributed by atoms with Gasteiger partial charge in [0.25, 0.3) is 0 Å². The predicted molar refractivity (Wildman–Crippen MR) is 133 cm³/mol. The van der Waals surface area contributed by atoms with Gasteiger partial charge in [-0.2, -0.15) is 5.10 Å². The second-order valence-corrected chi connectivity index (χ2v) is 8.71. The largest absolute Gasteiger partial charge is 0.492 e. The van der Waals surface area contributed by atoms with Crippen molar-refractivity contribution in [3.05, 3.63) is 84.7 Å². The number of nitrogens with zero attached hydrogens (tertiary/aromatic N) is 4. The number of carbonyl (C=O) groups excluding carboxylic acids is 1. The van der Waals surface area contributed by atoms with Crippen molar-refractivity contribution in [2.75, 3.05) is 18.1 Å². The molecule has 0 aliphatic heterocycles. The van der Waals surface area contributed by atoms with Gasteiger partial charge in [0.15, 0.2) is 5.13 Å². The first-order valence-electron chi connectivity index (χ1n) is 11.0. The van der Waals surface area contributed by atoms with Crippen LogP contribution in [0.3, 0.4) is 0 Å². The average Bonchev–Trinajstić information content (AvgIpc) is 3.50. The molecule has 0 N–H and O–H groups in total. The zero-order chi connectivity index (χ0) is 22.6. The minimum Gasteiger partial charge on any atom is -0.492 e. The summed E-state index contributed by atoms with van der Waals surface area (Å²) >= 11 is 1.51. The topological polar surface area (TPSA) is 60.2 Å². The number of hydrogen-bond donors (Lipinski definition) is 0. The Morgan fingerprint density at radius 3 is 2.76 bits per heavy atom. The SMILES string of the molecule is CCOc1cccc2sc(N(CCn3cccn3)C(=O)Cc3ccc4ccccc4c3)nc12. The molecule has 0 saturated heterocycles. The molecule has 2 aromatic heterocycles. The lowest BCUT2D eigenvalue weighted by Crippen LogP contribution is -2.35. The molecule has 166 valence electrons. The Morgan fingerprint density at radius 1 is 1.06 bits per heavy atom. The zero-order valence-electron chi connectivity index (χ0n) is 18.3. The number of aromatic nitrogens is 3. The number of fused-ring (bicyclic) bond motifs is 2. The van der Waals surface area contributed by atoms with Crippen LogP contribution < -0.4 is 9.64 Å². The maximum atomic E-state index is 13.5. The van der Waals surface area contributed by atoms with E-state index in [2.05, 4.69) is 29.4 Å². The normalized spacial score (nSPS) is 11.2. The van der Waals surface area contributed by atoms with Crippen molar-refractivity contribution in [2.24, 2.45) is 0 Å². The van der Waals surface area contributed by atoms with Crippen LogP contribution >= 0.6 is 11.3 Å². The van der Waals surface area contributed by atoms with Gasteiger partial charge in [0.1, 0.15) is 11.3 Å². The molecular weight excluding hydrogens is 432 g/mol. The van der Waals surface area contributed by atoms with E-state index in [0.29, 0.717) is 31.2 Å². The van der Waals surface area contributed by atoms with E-state index in [1.165, 1.54) is 16.7 Å². The van der Waals surface area contributed by atoms with Crippen LogP contribution in [0.2, 0.25) is 0 Å². The molecule has 0 aliphatic carbocycles. The second kappa shape index (κ2) is 9.42. The van der Waals surface area contributed by atoms with Crippen molar-refractivity contribution >= 4 is 43.4 Å². The maximum absolute atomic E-state index is 13.5. The van der Waals surface area contributed by atoms with E-state index < -0.39 is 0 Å². The molecule has 2 heterocycles. The van der Waals surface area contributed by atoms with Gasteiger partial charge in [-0.25, -0.2) is 4.98 Å². The third-order valence-electron chi connectivity index (χ3n) is 5.48. The summed E-state index contributed by atoms with van der Waals surface area (Å²) in [6.07, 6.45) is 3.95. The highest BCUT2D eigenvalue weighted by molar-refractivity contribution is 7.22. The van der Waals surface area contributed by atoms with Crippen LogP contribution in [0.5, 0.6) is 5.75 Å². The van der Waals surface area contributed by atoms with Crippen molar-refractivity contribution in [1.29, 1.82) is 0 Å². The van der Waals surface area contributed by atoms with Crippen LogP contribution in [0.4, 0.5) is 5.13 Å². The third-order valence-corrected chi connectivity index (χ3v) is 6.53. The number of ether oxygens (including phenoxy) is 1. The monoisotopic (exact) mass is 456 g/mol. The molecule has 0 fully saturated rings. The zero-order valence-corrected chi connectivity index (χ0v) is 19.2. The summed E-state index contributed by atoms with van der Waals surface area (Å²) in [6, 6.07) is 22.1. The molecule has 0 saturated carbocycles. The van der Waals surface area contributed by atoms with Crippen LogP contribution in [0.15, 0.2) is 79.1 Å². The van der Waals surface area contributed by atoms with Gasteiger partial charge in [-0.3, -0.25) is 14.4 Å². The summed E-state index contributed by atoms with van der Waals surface area (Å²) in [7, 11) is 0. The van der Waals surface area contributed by atoms with Gasteiger partial charge >= 0.3 is 0 Å². The Kier molecular flexibility index (Phi) is 6.04. The smallest absolute Gasteiger partial charge is 0.233 e. The molecule has 3 aromatic carbocycles. The van der Waals surface area contributed by atoms with Gasteiger partial charge < -0.3 is 4.74 Å². The fourth-order valence-electron chi connectivity index (χ4n) is 3.88. The Morgan fingerprint density at radius 2 is 1.94 bits per heavy atom. The number of para-hydroxylation sites is 1. The lowest BCUT2D eigenvalue weighted by atomic mass is 10.0. The fraction of sp³-hybridized carbons (Fsp3) is 0.192. The van der Waals surface area contributed by atoms with Gasteiger partial charge in [0.05, 0.1) is 24.3 Å². The van der Waals surface area contributed by atoms with Gasteiger partial charge in [0.2, 0.25) is 5.91 Å². The average molecular weight is 457 g/mol. The summed E-state index contributed by atoms with van der Waals surface area (Å²) in [5, 5.41) is 7.26. The molecule has 0 spiro atoms. The quantitative estimate of drug-likeness (QED) is 0.317. The number of benzene rings is 3. The highest BCUT2D eigenvalue weighted by atomic mass is 32.1. The first kappa shape index (κ1) is 21.2. The van der Waals surface area contributed by atoms with Gasteiger partial charge in [-0.15, -0.1) is 0 Å². The molecule has 0 aliphatic rings.